The Bertz CT molecular complexity index is 748. The average molecular weight is 361 g/mol. The minimum absolute atomic E-state index is 0.0309. The number of alkyl halides is 2. The summed E-state index contributed by atoms with van der Waals surface area (Å²) in [6.07, 6.45) is 2.73. The van der Waals surface area contributed by atoms with Gasteiger partial charge in [0, 0.05) is 13.0 Å². The highest BCUT2D eigenvalue weighted by atomic mass is 19.3. The van der Waals surface area contributed by atoms with E-state index in [1.807, 2.05) is 18.2 Å². The highest BCUT2D eigenvalue weighted by molar-refractivity contribution is 5.96. The van der Waals surface area contributed by atoms with Gasteiger partial charge in [0.05, 0.1) is 12.8 Å². The maximum Gasteiger partial charge on any atom is 0.387 e. The Morgan fingerprint density at radius 3 is 2.65 bits per heavy atom. The van der Waals surface area contributed by atoms with Crippen LogP contribution in [0.3, 0.4) is 0 Å². The number of anilines is 1. The van der Waals surface area contributed by atoms with Gasteiger partial charge in [-0.3, -0.25) is 4.79 Å². The molecule has 0 radical (unpaired) electrons. The molecule has 0 bridgehead atoms. The molecule has 4 nitrogen and oxygen atoms in total. The molecule has 0 unspecified atom stereocenters. The second kappa shape index (κ2) is 8.17. The van der Waals surface area contributed by atoms with Crippen LogP contribution in [0.25, 0.3) is 0 Å². The van der Waals surface area contributed by atoms with Crippen molar-refractivity contribution in [2.24, 2.45) is 0 Å². The molecule has 0 aliphatic carbocycles. The molecular weight excluding hydrogens is 340 g/mol. The Labute approximate surface area is 151 Å². The van der Waals surface area contributed by atoms with E-state index in [-0.39, 0.29) is 11.7 Å². The van der Waals surface area contributed by atoms with Gasteiger partial charge in [-0.25, -0.2) is 0 Å². The van der Waals surface area contributed by atoms with Crippen LogP contribution in [0.4, 0.5) is 14.5 Å². The minimum Gasteiger partial charge on any atom is -0.495 e. The number of ether oxygens (including phenoxy) is 2. The second-order valence-corrected chi connectivity index (χ2v) is 6.14. The van der Waals surface area contributed by atoms with Gasteiger partial charge in [-0.05, 0) is 48.6 Å². The third kappa shape index (κ3) is 4.12. The number of aryl methyl sites for hydroxylation is 2. The largest absolute Gasteiger partial charge is 0.495 e. The molecule has 0 N–H and O–H groups in total. The predicted octanol–water partition coefficient (Wildman–Crippen LogP) is 4.21. The fraction of sp³-hybridized carbons (Fsp3) is 0.350. The summed E-state index contributed by atoms with van der Waals surface area (Å²) in [5.41, 5.74) is 2.89. The zero-order valence-corrected chi connectivity index (χ0v) is 14.6. The van der Waals surface area contributed by atoms with Crippen LogP contribution < -0.4 is 14.4 Å². The predicted molar refractivity (Wildman–Crippen MR) is 95.1 cm³/mol. The molecule has 2 aromatic rings. The van der Waals surface area contributed by atoms with Gasteiger partial charge >= 0.3 is 6.61 Å². The lowest BCUT2D eigenvalue weighted by atomic mass is 10.00. The highest BCUT2D eigenvalue weighted by Gasteiger charge is 2.25. The van der Waals surface area contributed by atoms with Crippen molar-refractivity contribution < 1.29 is 23.0 Å². The number of fused-ring (bicyclic) bond motifs is 1. The summed E-state index contributed by atoms with van der Waals surface area (Å²) < 4.78 is 34.1. The summed E-state index contributed by atoms with van der Waals surface area (Å²) >= 11 is 0. The first kappa shape index (κ1) is 18.2. The molecule has 0 fully saturated rings. The summed E-state index contributed by atoms with van der Waals surface area (Å²) in [4.78, 5) is 14.6. The Hall–Kier alpha value is -2.63. The van der Waals surface area contributed by atoms with Crippen molar-refractivity contribution in [2.45, 2.75) is 32.3 Å². The number of hydrogen-bond acceptors (Lipinski definition) is 3. The molecule has 138 valence electrons. The van der Waals surface area contributed by atoms with E-state index in [2.05, 4.69) is 4.74 Å². The first-order valence-electron chi connectivity index (χ1n) is 8.58. The lowest BCUT2D eigenvalue weighted by Gasteiger charge is -2.31. The van der Waals surface area contributed by atoms with Crippen molar-refractivity contribution in [3.8, 4) is 11.5 Å². The van der Waals surface area contributed by atoms with Crippen molar-refractivity contribution in [1.29, 1.82) is 0 Å². The number of amides is 1. The van der Waals surface area contributed by atoms with Gasteiger partial charge in [0.15, 0.2) is 0 Å². The summed E-state index contributed by atoms with van der Waals surface area (Å²) in [5.74, 6) is 0.858. The fourth-order valence-electron chi connectivity index (χ4n) is 3.25. The third-order valence-electron chi connectivity index (χ3n) is 4.48. The Morgan fingerprint density at radius 1 is 1.19 bits per heavy atom. The van der Waals surface area contributed by atoms with Crippen LogP contribution in [0.5, 0.6) is 11.5 Å². The number of carbonyl (C=O) groups is 1. The molecule has 1 heterocycles. The molecule has 26 heavy (non-hydrogen) atoms. The molecule has 6 heteroatoms. The van der Waals surface area contributed by atoms with Crippen LogP contribution >= 0.6 is 0 Å². The number of nitrogens with zero attached hydrogens (tertiary/aromatic N) is 1. The van der Waals surface area contributed by atoms with Crippen LogP contribution in [-0.4, -0.2) is 26.2 Å². The summed E-state index contributed by atoms with van der Waals surface area (Å²) in [5, 5.41) is 0. The zero-order valence-electron chi connectivity index (χ0n) is 14.6. The number of halogens is 2. The summed E-state index contributed by atoms with van der Waals surface area (Å²) in [6.45, 7) is -2.16. The van der Waals surface area contributed by atoms with Gasteiger partial charge in [0.25, 0.3) is 0 Å². The molecule has 0 saturated carbocycles. The lowest BCUT2D eigenvalue weighted by Crippen LogP contribution is -2.35. The van der Waals surface area contributed by atoms with Gasteiger partial charge in [0.2, 0.25) is 5.91 Å². The molecule has 0 spiro atoms. The number of para-hydroxylation sites is 1. The standard InChI is InChI=1S/C20H21F2NO3/c1-25-17-6-2-4-15-5-3-13-23(19(15)17)18(24)12-9-14-7-10-16(11-8-14)26-20(21)22/h2,4,6-8,10-11,20H,3,5,9,12-13H2,1H3. The number of carbonyl (C=O) groups excluding carboxylic acids is 1. The van der Waals surface area contributed by atoms with Crippen molar-refractivity contribution in [2.75, 3.05) is 18.6 Å². The SMILES string of the molecule is COc1cccc2c1N(C(=O)CCc1ccc(OC(F)F)cc1)CCC2. The number of rotatable bonds is 6. The zero-order chi connectivity index (χ0) is 18.5. The van der Waals surface area contributed by atoms with Gasteiger partial charge in [-0.15, -0.1) is 0 Å². The van der Waals surface area contributed by atoms with E-state index in [0.29, 0.717) is 25.1 Å². The molecule has 2 aromatic carbocycles. The van der Waals surface area contributed by atoms with Gasteiger partial charge in [-0.1, -0.05) is 24.3 Å². The van der Waals surface area contributed by atoms with Crippen LogP contribution in [-0.2, 0) is 17.6 Å². The summed E-state index contributed by atoms with van der Waals surface area (Å²) in [6, 6.07) is 12.2. The van der Waals surface area contributed by atoms with E-state index in [9.17, 15) is 13.6 Å². The van der Waals surface area contributed by atoms with Gasteiger partial charge in [-0.2, -0.15) is 8.78 Å². The fourth-order valence-corrected chi connectivity index (χ4v) is 3.25. The Morgan fingerprint density at radius 2 is 1.96 bits per heavy atom. The van der Waals surface area contributed by atoms with Crippen LogP contribution in [0.2, 0.25) is 0 Å². The second-order valence-electron chi connectivity index (χ2n) is 6.14. The molecule has 1 amide bonds. The van der Waals surface area contributed by atoms with E-state index in [0.717, 1.165) is 29.7 Å². The van der Waals surface area contributed by atoms with Crippen molar-refractivity contribution in [3.63, 3.8) is 0 Å². The number of hydrogen-bond donors (Lipinski definition) is 0. The van der Waals surface area contributed by atoms with Crippen molar-refractivity contribution in [3.05, 3.63) is 53.6 Å². The maximum atomic E-state index is 12.8. The first-order chi connectivity index (χ1) is 12.6. The van der Waals surface area contributed by atoms with Gasteiger partial charge in [0.1, 0.15) is 11.5 Å². The molecule has 0 aromatic heterocycles. The lowest BCUT2D eigenvalue weighted by molar-refractivity contribution is -0.118. The molecule has 1 aliphatic heterocycles. The average Bonchev–Trinajstić information content (AvgIpc) is 2.65. The maximum absolute atomic E-state index is 12.8. The van der Waals surface area contributed by atoms with E-state index in [1.165, 1.54) is 12.1 Å². The van der Waals surface area contributed by atoms with Crippen molar-refractivity contribution >= 4 is 11.6 Å². The van der Waals surface area contributed by atoms with Crippen LogP contribution in [0, 0.1) is 0 Å². The van der Waals surface area contributed by atoms with E-state index in [4.69, 9.17) is 4.74 Å². The normalized spacial score (nSPS) is 13.5. The van der Waals surface area contributed by atoms with Crippen LogP contribution in [0.1, 0.15) is 24.0 Å². The first-order valence-corrected chi connectivity index (χ1v) is 8.58. The van der Waals surface area contributed by atoms with E-state index < -0.39 is 6.61 Å². The third-order valence-corrected chi connectivity index (χ3v) is 4.48. The number of benzene rings is 2. The summed E-state index contributed by atoms with van der Waals surface area (Å²) in [7, 11) is 1.61. The van der Waals surface area contributed by atoms with Crippen molar-refractivity contribution in [1.82, 2.24) is 0 Å². The molecular formula is C20H21F2NO3. The Balaban J connectivity index is 1.66. The smallest absolute Gasteiger partial charge is 0.387 e. The van der Waals surface area contributed by atoms with E-state index in [1.54, 1.807) is 24.1 Å². The highest BCUT2D eigenvalue weighted by Crippen LogP contribution is 2.36. The molecule has 0 atom stereocenters. The Kier molecular flexibility index (Phi) is 5.71. The van der Waals surface area contributed by atoms with Gasteiger partial charge < -0.3 is 14.4 Å². The monoisotopic (exact) mass is 361 g/mol. The van der Waals surface area contributed by atoms with Crippen LogP contribution in [0.15, 0.2) is 42.5 Å². The quantitative estimate of drug-likeness (QED) is 0.774. The molecule has 3 rings (SSSR count). The molecule has 1 aliphatic rings. The van der Waals surface area contributed by atoms with E-state index >= 15 is 0 Å². The number of methoxy groups -OCH3 is 1. The molecule has 0 saturated heterocycles. The topological polar surface area (TPSA) is 38.8 Å². The minimum atomic E-state index is -2.84.